The number of carbonyl (C=O) groups is 2. The number of rotatable bonds is 7. The first-order chi connectivity index (χ1) is 16.3. The highest BCUT2D eigenvalue weighted by Crippen LogP contribution is 2.36. The number of alkyl halides is 3. The van der Waals surface area contributed by atoms with Crippen LogP contribution in [0.5, 0.6) is 11.8 Å². The summed E-state index contributed by atoms with van der Waals surface area (Å²) in [6.45, 7) is 0. The van der Waals surface area contributed by atoms with Crippen LogP contribution < -0.4 is 10.1 Å². The Morgan fingerprint density at radius 3 is 2.44 bits per heavy atom. The van der Waals surface area contributed by atoms with Gasteiger partial charge in [0.1, 0.15) is 6.29 Å². The molecule has 1 amide bonds. The van der Waals surface area contributed by atoms with E-state index in [0.717, 1.165) is 11.6 Å². The van der Waals surface area contributed by atoms with Crippen LogP contribution in [0.15, 0.2) is 79.0 Å². The van der Waals surface area contributed by atoms with E-state index >= 15 is 0 Å². The lowest BCUT2D eigenvalue weighted by Gasteiger charge is -2.16. The smallest absolute Gasteiger partial charge is 0.418 e. The zero-order valence-electron chi connectivity index (χ0n) is 17.6. The lowest BCUT2D eigenvalue weighted by atomic mass is 10.0. The number of para-hydroxylation sites is 1. The van der Waals surface area contributed by atoms with Gasteiger partial charge in [-0.3, -0.25) is 4.79 Å². The highest BCUT2D eigenvalue weighted by molar-refractivity contribution is 6.07. The number of aldehydes is 1. The Hall–Kier alpha value is -4.27. The third-order valence-electron chi connectivity index (χ3n) is 4.99. The van der Waals surface area contributed by atoms with E-state index in [9.17, 15) is 22.8 Å². The number of aromatic nitrogens is 2. The summed E-state index contributed by atoms with van der Waals surface area (Å²) in [6.07, 6.45) is -2.45. The molecule has 0 saturated carbocycles. The number of nitrogens with one attached hydrogen (secondary N) is 1. The molecule has 6 nitrogen and oxygen atoms in total. The van der Waals surface area contributed by atoms with Gasteiger partial charge in [-0.15, -0.1) is 0 Å². The normalized spacial score (nSPS) is 12.2. The molecule has 2 aromatic carbocycles. The van der Waals surface area contributed by atoms with Crippen LogP contribution in [0.4, 0.5) is 13.2 Å². The Kier molecular flexibility index (Phi) is 6.53. The van der Waals surface area contributed by atoms with Crippen LogP contribution in [0.1, 0.15) is 21.5 Å². The first kappa shape index (κ1) is 22.9. The first-order valence-corrected chi connectivity index (χ1v) is 10.2. The van der Waals surface area contributed by atoms with Crippen molar-refractivity contribution in [3.8, 4) is 11.8 Å². The first-order valence-electron chi connectivity index (χ1n) is 10.2. The van der Waals surface area contributed by atoms with Crippen molar-refractivity contribution in [1.82, 2.24) is 15.3 Å². The molecule has 1 N–H and O–H groups in total. The van der Waals surface area contributed by atoms with Gasteiger partial charge in [0.2, 0.25) is 11.8 Å². The second-order valence-corrected chi connectivity index (χ2v) is 7.38. The third kappa shape index (κ3) is 5.20. The molecule has 2 aromatic heterocycles. The van der Waals surface area contributed by atoms with E-state index in [-0.39, 0.29) is 29.1 Å². The number of halogens is 3. The Bertz CT molecular complexity index is 1310. The van der Waals surface area contributed by atoms with Crippen molar-refractivity contribution in [1.29, 1.82) is 0 Å². The fourth-order valence-electron chi connectivity index (χ4n) is 3.46. The number of amides is 1. The topological polar surface area (TPSA) is 81.2 Å². The predicted octanol–water partition coefficient (Wildman–Crippen LogP) is 4.98. The summed E-state index contributed by atoms with van der Waals surface area (Å²) in [7, 11) is 0. The molecule has 1 unspecified atom stereocenters. The van der Waals surface area contributed by atoms with Crippen molar-refractivity contribution < 1.29 is 27.5 Å². The van der Waals surface area contributed by atoms with E-state index in [0.29, 0.717) is 6.29 Å². The fourth-order valence-corrected chi connectivity index (χ4v) is 3.46. The molecule has 4 rings (SSSR count). The van der Waals surface area contributed by atoms with Crippen molar-refractivity contribution in [3.63, 3.8) is 0 Å². The second-order valence-electron chi connectivity index (χ2n) is 7.38. The number of fused-ring (bicyclic) bond motifs is 1. The van der Waals surface area contributed by atoms with Crippen molar-refractivity contribution in [2.24, 2.45) is 0 Å². The summed E-state index contributed by atoms with van der Waals surface area (Å²) in [5.74, 6) is -0.871. The molecule has 0 aliphatic carbocycles. The molecular formula is C25H18F3N3O3. The average Bonchev–Trinajstić information content (AvgIpc) is 2.83. The summed E-state index contributed by atoms with van der Waals surface area (Å²) in [4.78, 5) is 32.8. The van der Waals surface area contributed by atoms with Crippen LogP contribution in [0.3, 0.4) is 0 Å². The molecule has 1 atom stereocenters. The molecule has 0 fully saturated rings. The molecule has 4 aromatic rings. The second kappa shape index (κ2) is 9.70. The van der Waals surface area contributed by atoms with Gasteiger partial charge < -0.3 is 14.8 Å². The highest BCUT2D eigenvalue weighted by Gasteiger charge is 2.34. The number of hydrogen-bond acceptors (Lipinski definition) is 5. The molecule has 0 aliphatic heterocycles. The maximum atomic E-state index is 13.7. The average molecular weight is 465 g/mol. The molecule has 9 heteroatoms. The van der Waals surface area contributed by atoms with Crippen LogP contribution in [-0.4, -0.2) is 28.2 Å². The lowest BCUT2D eigenvalue weighted by Crippen LogP contribution is -2.37. The molecule has 0 saturated heterocycles. The lowest BCUT2D eigenvalue weighted by molar-refractivity contribution is -0.136. The van der Waals surface area contributed by atoms with E-state index in [2.05, 4.69) is 15.3 Å². The fraction of sp³-hybridized carbons (Fsp3) is 0.120. The Labute approximate surface area is 192 Å². The minimum Gasteiger partial charge on any atom is -0.421 e. The van der Waals surface area contributed by atoms with Crippen LogP contribution in [0, 0.1) is 0 Å². The van der Waals surface area contributed by atoms with E-state index in [1.807, 2.05) is 6.07 Å². The van der Waals surface area contributed by atoms with E-state index < -0.39 is 29.2 Å². The zero-order valence-corrected chi connectivity index (χ0v) is 17.6. The molecule has 2 heterocycles. The summed E-state index contributed by atoms with van der Waals surface area (Å²) in [6, 6.07) is 17.6. The molecular weight excluding hydrogens is 447 g/mol. The molecule has 34 heavy (non-hydrogen) atoms. The summed E-state index contributed by atoms with van der Waals surface area (Å²) >= 11 is 0. The van der Waals surface area contributed by atoms with Crippen LogP contribution in [0.25, 0.3) is 10.9 Å². The van der Waals surface area contributed by atoms with Crippen molar-refractivity contribution in [3.05, 3.63) is 95.7 Å². The van der Waals surface area contributed by atoms with Crippen molar-refractivity contribution in [2.45, 2.75) is 18.6 Å². The standard InChI is InChI=1S/C25H18F3N3O3/c26-25(27,28)20-10-6-9-18-19(14-22(31-23(18)20)34-21-11-4-5-12-29-21)24(33)30-17(15-32)13-16-7-2-1-3-8-16/h1-12,14-15,17H,13H2,(H,30,33). The zero-order chi connectivity index (χ0) is 24.1. The molecule has 0 bridgehead atoms. The molecule has 0 spiro atoms. The van der Waals surface area contributed by atoms with Gasteiger partial charge in [0, 0.05) is 23.7 Å². The van der Waals surface area contributed by atoms with Gasteiger partial charge in [0.25, 0.3) is 5.91 Å². The summed E-state index contributed by atoms with van der Waals surface area (Å²) < 4.78 is 46.6. The van der Waals surface area contributed by atoms with E-state index in [1.54, 1.807) is 36.4 Å². The van der Waals surface area contributed by atoms with Gasteiger partial charge in [-0.05, 0) is 24.1 Å². The van der Waals surface area contributed by atoms with Crippen LogP contribution in [-0.2, 0) is 17.4 Å². The van der Waals surface area contributed by atoms with E-state index in [1.165, 1.54) is 30.5 Å². The molecule has 0 aliphatic rings. The quantitative estimate of drug-likeness (QED) is 0.390. The number of nitrogens with zero attached hydrogens (tertiary/aromatic N) is 2. The largest absolute Gasteiger partial charge is 0.421 e. The summed E-state index contributed by atoms with van der Waals surface area (Å²) in [5.41, 5.74) is -0.749. The van der Waals surface area contributed by atoms with Gasteiger partial charge in [-0.2, -0.15) is 13.2 Å². The van der Waals surface area contributed by atoms with Crippen LogP contribution in [0.2, 0.25) is 0 Å². The monoisotopic (exact) mass is 465 g/mol. The number of ether oxygens (including phenoxy) is 1. The Balaban J connectivity index is 1.75. The maximum absolute atomic E-state index is 13.7. The number of hydrogen-bond donors (Lipinski definition) is 1. The van der Waals surface area contributed by atoms with Gasteiger partial charge in [-0.1, -0.05) is 48.5 Å². The summed E-state index contributed by atoms with van der Waals surface area (Å²) in [5, 5.41) is 2.56. The minimum atomic E-state index is -4.71. The van der Waals surface area contributed by atoms with Gasteiger partial charge >= 0.3 is 6.18 Å². The van der Waals surface area contributed by atoms with Gasteiger partial charge in [-0.25, -0.2) is 9.97 Å². The van der Waals surface area contributed by atoms with Gasteiger partial charge in [0.05, 0.1) is 22.7 Å². The molecule has 172 valence electrons. The van der Waals surface area contributed by atoms with Crippen LogP contribution >= 0.6 is 0 Å². The maximum Gasteiger partial charge on any atom is 0.418 e. The minimum absolute atomic E-state index is 0.0231. The third-order valence-corrected chi connectivity index (χ3v) is 4.99. The molecule has 0 radical (unpaired) electrons. The van der Waals surface area contributed by atoms with Crippen molar-refractivity contribution >= 4 is 23.1 Å². The van der Waals surface area contributed by atoms with Crippen molar-refractivity contribution in [2.75, 3.05) is 0 Å². The Morgan fingerprint density at radius 1 is 1.00 bits per heavy atom. The number of benzene rings is 2. The number of pyridine rings is 2. The number of carbonyl (C=O) groups excluding carboxylic acids is 2. The Morgan fingerprint density at radius 2 is 1.76 bits per heavy atom. The van der Waals surface area contributed by atoms with Gasteiger partial charge in [0.15, 0.2) is 0 Å². The van der Waals surface area contributed by atoms with E-state index in [4.69, 9.17) is 4.74 Å². The highest BCUT2D eigenvalue weighted by atomic mass is 19.4. The SMILES string of the molecule is O=CC(Cc1ccccc1)NC(=O)c1cc(Oc2ccccn2)nc2c(C(F)(F)F)cccc12. The predicted molar refractivity (Wildman–Crippen MR) is 119 cm³/mol.